The summed E-state index contributed by atoms with van der Waals surface area (Å²) in [5, 5.41) is 10.5. The predicted octanol–water partition coefficient (Wildman–Crippen LogP) is 6.29. The summed E-state index contributed by atoms with van der Waals surface area (Å²) >= 11 is 7.97. The number of rotatable bonds is 8. The van der Waals surface area contributed by atoms with Gasteiger partial charge in [0.25, 0.3) is 0 Å². The van der Waals surface area contributed by atoms with E-state index in [1.807, 2.05) is 37.3 Å². The third-order valence-electron chi connectivity index (χ3n) is 7.09. The Morgan fingerprint density at radius 2 is 1.94 bits per heavy atom. The summed E-state index contributed by atoms with van der Waals surface area (Å²) < 4.78 is 10.3. The van der Waals surface area contributed by atoms with Crippen molar-refractivity contribution < 1.29 is 9.53 Å². The van der Waals surface area contributed by atoms with Crippen LogP contribution in [0.2, 0.25) is 5.02 Å². The summed E-state index contributed by atoms with van der Waals surface area (Å²) in [5.74, 6) is 1.25. The van der Waals surface area contributed by atoms with Crippen molar-refractivity contribution in [2.24, 2.45) is 0 Å². The first-order valence-electron chi connectivity index (χ1n) is 12.2. The Hall–Kier alpha value is -2.09. The molecule has 0 unspecified atom stereocenters. The van der Waals surface area contributed by atoms with E-state index in [4.69, 9.17) is 16.3 Å². The molecule has 3 aromatic rings. The standard InChI is InChI=1S/C26H31ClN4O2S/c1-17-14-22(18(2)30(17)15-20-10-7-13-33-20)24(32)16-34-26-29-28-25(21-11-5-6-12-23(21)27)31(26)19-8-3-4-9-19/h5-6,11-12,14,19-20H,3-4,7-10,13,15-16H2,1-2H3/t20-/m0/s1. The molecule has 2 aliphatic rings. The van der Waals surface area contributed by atoms with Gasteiger partial charge in [-0.1, -0.05) is 48.3 Å². The fourth-order valence-corrected chi connectivity index (χ4v) is 6.37. The zero-order chi connectivity index (χ0) is 23.7. The predicted molar refractivity (Wildman–Crippen MR) is 136 cm³/mol. The topological polar surface area (TPSA) is 61.9 Å². The van der Waals surface area contributed by atoms with Crippen LogP contribution in [-0.2, 0) is 11.3 Å². The van der Waals surface area contributed by atoms with Gasteiger partial charge in [-0.05, 0) is 57.7 Å². The number of thioether (sulfide) groups is 1. The van der Waals surface area contributed by atoms with Gasteiger partial charge in [0.15, 0.2) is 16.8 Å². The molecule has 0 bridgehead atoms. The number of halogens is 1. The molecular formula is C26H31ClN4O2S. The van der Waals surface area contributed by atoms with E-state index in [0.29, 0.717) is 16.8 Å². The molecule has 34 heavy (non-hydrogen) atoms. The normalized spacial score (nSPS) is 18.7. The van der Waals surface area contributed by atoms with Gasteiger partial charge in [-0.15, -0.1) is 10.2 Å². The second-order valence-corrected chi connectivity index (χ2v) is 10.7. The Kier molecular flexibility index (Phi) is 7.14. The number of ether oxygens (including phenoxy) is 1. The third-order valence-corrected chi connectivity index (χ3v) is 8.36. The van der Waals surface area contributed by atoms with Crippen LogP contribution in [0.1, 0.15) is 66.3 Å². The molecule has 0 spiro atoms. The monoisotopic (exact) mass is 498 g/mol. The molecule has 0 N–H and O–H groups in total. The molecule has 2 fully saturated rings. The summed E-state index contributed by atoms with van der Waals surface area (Å²) in [6, 6.07) is 10.1. The maximum atomic E-state index is 13.3. The molecule has 8 heteroatoms. The van der Waals surface area contributed by atoms with Crippen LogP contribution in [0.3, 0.4) is 0 Å². The van der Waals surface area contributed by atoms with Crippen LogP contribution in [0.25, 0.3) is 11.4 Å². The number of Topliss-reactive ketones (excluding diaryl/α,β-unsaturated/α-hetero) is 1. The first-order chi connectivity index (χ1) is 16.5. The molecule has 1 aromatic carbocycles. The van der Waals surface area contributed by atoms with Crippen LogP contribution < -0.4 is 0 Å². The van der Waals surface area contributed by atoms with Crippen LogP contribution in [0.4, 0.5) is 0 Å². The molecule has 2 aromatic heterocycles. The number of carbonyl (C=O) groups excluding carboxylic acids is 1. The lowest BCUT2D eigenvalue weighted by Gasteiger charge is -2.17. The van der Waals surface area contributed by atoms with Crippen molar-refractivity contribution in [2.45, 2.75) is 76.2 Å². The fraction of sp³-hybridized carbons (Fsp3) is 0.500. The van der Waals surface area contributed by atoms with Crippen LogP contribution in [0.15, 0.2) is 35.5 Å². The number of hydrogen-bond acceptors (Lipinski definition) is 5. The molecular weight excluding hydrogens is 468 g/mol. The van der Waals surface area contributed by atoms with Gasteiger partial charge >= 0.3 is 0 Å². The zero-order valence-corrected chi connectivity index (χ0v) is 21.4. The number of aromatic nitrogens is 4. The number of carbonyl (C=O) groups is 1. The minimum Gasteiger partial charge on any atom is -0.376 e. The summed E-state index contributed by atoms with van der Waals surface area (Å²) in [4.78, 5) is 13.3. The second kappa shape index (κ2) is 10.3. The van der Waals surface area contributed by atoms with Crippen LogP contribution in [0.5, 0.6) is 0 Å². The van der Waals surface area contributed by atoms with Gasteiger partial charge in [0.2, 0.25) is 0 Å². The van der Waals surface area contributed by atoms with Gasteiger partial charge in [0.05, 0.1) is 16.9 Å². The molecule has 0 amide bonds. The maximum Gasteiger partial charge on any atom is 0.192 e. The Morgan fingerprint density at radius 1 is 1.15 bits per heavy atom. The average molecular weight is 499 g/mol. The quantitative estimate of drug-likeness (QED) is 0.270. The van der Waals surface area contributed by atoms with Gasteiger partial charge in [-0.3, -0.25) is 9.36 Å². The summed E-state index contributed by atoms with van der Waals surface area (Å²) in [5.41, 5.74) is 3.81. The summed E-state index contributed by atoms with van der Waals surface area (Å²) in [6.45, 7) is 5.76. The fourth-order valence-electron chi connectivity index (χ4n) is 5.26. The van der Waals surface area contributed by atoms with E-state index in [0.717, 1.165) is 72.3 Å². The Morgan fingerprint density at radius 3 is 2.68 bits per heavy atom. The number of benzene rings is 1. The van der Waals surface area contributed by atoms with E-state index in [2.05, 4.69) is 26.3 Å². The van der Waals surface area contributed by atoms with Crippen molar-refractivity contribution in [3.63, 3.8) is 0 Å². The molecule has 180 valence electrons. The van der Waals surface area contributed by atoms with E-state index in [1.54, 1.807) is 0 Å². The second-order valence-electron chi connectivity index (χ2n) is 9.34. The minimum absolute atomic E-state index is 0.122. The molecule has 5 rings (SSSR count). The lowest BCUT2D eigenvalue weighted by Crippen LogP contribution is -2.17. The smallest absolute Gasteiger partial charge is 0.192 e. The highest BCUT2D eigenvalue weighted by molar-refractivity contribution is 7.99. The molecule has 1 aliphatic heterocycles. The van der Waals surface area contributed by atoms with Crippen LogP contribution >= 0.6 is 23.4 Å². The lowest BCUT2D eigenvalue weighted by molar-refractivity contribution is 0.0957. The minimum atomic E-state index is 0.122. The van der Waals surface area contributed by atoms with Gasteiger partial charge in [0.1, 0.15) is 0 Å². The van der Waals surface area contributed by atoms with Crippen molar-refractivity contribution in [1.82, 2.24) is 19.3 Å². The van der Waals surface area contributed by atoms with E-state index in [-0.39, 0.29) is 11.9 Å². The molecule has 1 saturated carbocycles. The average Bonchev–Trinajstić information content (AvgIpc) is 3.63. The highest BCUT2D eigenvalue weighted by Crippen LogP contribution is 2.38. The van der Waals surface area contributed by atoms with Crippen molar-refractivity contribution in [1.29, 1.82) is 0 Å². The highest BCUT2D eigenvalue weighted by atomic mass is 35.5. The van der Waals surface area contributed by atoms with E-state index in [9.17, 15) is 4.79 Å². The Balaban J connectivity index is 1.36. The Labute approximate surface area is 210 Å². The zero-order valence-electron chi connectivity index (χ0n) is 19.8. The van der Waals surface area contributed by atoms with Crippen molar-refractivity contribution in [3.05, 3.63) is 52.3 Å². The lowest BCUT2D eigenvalue weighted by atomic mass is 10.2. The van der Waals surface area contributed by atoms with E-state index in [1.165, 1.54) is 24.6 Å². The third kappa shape index (κ3) is 4.70. The molecule has 1 atom stereocenters. The molecule has 3 heterocycles. The molecule has 1 aliphatic carbocycles. The molecule has 0 radical (unpaired) electrons. The summed E-state index contributed by atoms with van der Waals surface area (Å²) in [7, 11) is 0. The molecule has 1 saturated heterocycles. The number of nitrogens with zero attached hydrogens (tertiary/aromatic N) is 4. The van der Waals surface area contributed by atoms with Crippen LogP contribution in [0, 0.1) is 13.8 Å². The van der Waals surface area contributed by atoms with Crippen molar-refractivity contribution in [3.8, 4) is 11.4 Å². The highest BCUT2D eigenvalue weighted by Gasteiger charge is 2.27. The van der Waals surface area contributed by atoms with E-state index >= 15 is 0 Å². The van der Waals surface area contributed by atoms with Crippen LogP contribution in [-0.4, -0.2) is 43.6 Å². The number of aryl methyl sites for hydroxylation is 1. The maximum absolute atomic E-state index is 13.3. The SMILES string of the molecule is Cc1cc(C(=O)CSc2nnc(-c3ccccc3Cl)n2C2CCCC2)c(C)n1C[C@@H]1CCCO1. The van der Waals surface area contributed by atoms with Gasteiger partial charge in [-0.25, -0.2) is 0 Å². The first-order valence-corrected chi connectivity index (χ1v) is 13.5. The van der Waals surface area contributed by atoms with E-state index < -0.39 is 0 Å². The van der Waals surface area contributed by atoms with Gasteiger partial charge in [0, 0.05) is 41.7 Å². The van der Waals surface area contributed by atoms with Gasteiger partial charge < -0.3 is 9.30 Å². The van der Waals surface area contributed by atoms with Gasteiger partial charge in [-0.2, -0.15) is 0 Å². The molecule has 6 nitrogen and oxygen atoms in total. The summed E-state index contributed by atoms with van der Waals surface area (Å²) in [6.07, 6.45) is 7.04. The number of hydrogen-bond donors (Lipinski definition) is 0. The van der Waals surface area contributed by atoms with Crippen molar-refractivity contribution >= 4 is 29.1 Å². The Bertz CT molecular complexity index is 1180. The largest absolute Gasteiger partial charge is 0.376 e. The number of ketones is 1. The van der Waals surface area contributed by atoms with Crippen molar-refractivity contribution in [2.75, 3.05) is 12.4 Å². The first kappa shape index (κ1) is 23.6.